The highest BCUT2D eigenvalue weighted by atomic mass is 16.5. The second kappa shape index (κ2) is 4.05. The van der Waals surface area contributed by atoms with Gasteiger partial charge in [-0.1, -0.05) is 6.58 Å². The van der Waals surface area contributed by atoms with Crippen LogP contribution in [-0.2, 0) is 19.1 Å². The fourth-order valence-electron chi connectivity index (χ4n) is 4.57. The van der Waals surface area contributed by atoms with Gasteiger partial charge in [-0.3, -0.25) is 16.3 Å². The number of fused-ring (bicyclic) bond motifs is 1. The molecule has 110 valence electrons. The van der Waals surface area contributed by atoms with Crippen molar-refractivity contribution >= 4 is 12.3 Å². The lowest BCUT2D eigenvalue weighted by Crippen LogP contribution is -2.59. The second-order valence-corrected chi connectivity index (χ2v) is 6.63. The molecule has 3 saturated carbocycles. The Balaban J connectivity index is 1.64. The fraction of sp³-hybridized carbons (Fsp3) is 0.714. The van der Waals surface area contributed by atoms with Crippen LogP contribution in [0, 0.1) is 17.3 Å². The summed E-state index contributed by atoms with van der Waals surface area (Å²) < 4.78 is 10.9. The average molecular weight is 280 g/mol. The van der Waals surface area contributed by atoms with Crippen LogP contribution in [0.5, 0.6) is 0 Å². The Morgan fingerprint density at radius 1 is 1.40 bits per heavy atom. The number of rotatable bonds is 6. The van der Waals surface area contributed by atoms with E-state index in [4.69, 9.17) is 20.9 Å². The van der Waals surface area contributed by atoms with E-state index in [2.05, 4.69) is 6.58 Å². The summed E-state index contributed by atoms with van der Waals surface area (Å²) >= 11 is 0. The Kier molecular flexibility index (Phi) is 2.75. The average Bonchev–Trinajstić information content (AvgIpc) is 2.83. The Bertz CT molecular complexity index is 478. The van der Waals surface area contributed by atoms with Crippen molar-refractivity contribution in [1.82, 2.24) is 0 Å². The molecule has 0 aliphatic heterocycles. The van der Waals surface area contributed by atoms with Gasteiger partial charge in [-0.25, -0.2) is 4.79 Å². The summed E-state index contributed by atoms with van der Waals surface area (Å²) in [6, 6.07) is 0. The number of hydrogen-bond donors (Lipinski definition) is 2. The topological polar surface area (TPSA) is 105 Å². The van der Waals surface area contributed by atoms with E-state index >= 15 is 0 Å². The summed E-state index contributed by atoms with van der Waals surface area (Å²) in [5, 5.41) is 0. The Hall–Kier alpha value is -1.40. The number of hydrogen-bond acceptors (Lipinski definition) is 6. The number of carbonyl (C=O) groups is 2. The van der Waals surface area contributed by atoms with Crippen molar-refractivity contribution in [3.63, 3.8) is 0 Å². The SMILES string of the molecule is C=COC12CC3CC(COC(=O)C(N)(N)C=O)(CC31)C2. The van der Waals surface area contributed by atoms with Gasteiger partial charge in [-0.05, 0) is 31.6 Å². The van der Waals surface area contributed by atoms with Gasteiger partial charge in [0.25, 0.3) is 0 Å². The molecule has 0 aromatic carbocycles. The molecule has 6 heteroatoms. The first-order chi connectivity index (χ1) is 9.36. The van der Waals surface area contributed by atoms with Crippen LogP contribution in [0.25, 0.3) is 0 Å². The van der Waals surface area contributed by atoms with Crippen molar-refractivity contribution in [3.8, 4) is 0 Å². The van der Waals surface area contributed by atoms with Crippen LogP contribution in [0.2, 0.25) is 0 Å². The lowest BCUT2D eigenvalue weighted by molar-refractivity contribution is -0.166. The molecule has 0 heterocycles. The van der Waals surface area contributed by atoms with Gasteiger partial charge >= 0.3 is 5.97 Å². The van der Waals surface area contributed by atoms with Crippen LogP contribution >= 0.6 is 0 Å². The highest BCUT2D eigenvalue weighted by molar-refractivity contribution is 5.96. The molecule has 3 aliphatic carbocycles. The van der Waals surface area contributed by atoms with Crippen molar-refractivity contribution < 1.29 is 19.1 Å². The minimum atomic E-state index is -2.05. The molecule has 6 nitrogen and oxygen atoms in total. The van der Waals surface area contributed by atoms with Gasteiger partial charge in [0.15, 0.2) is 6.29 Å². The maximum Gasteiger partial charge on any atom is 0.348 e. The molecule has 4 unspecified atom stereocenters. The first-order valence-corrected chi connectivity index (χ1v) is 6.86. The molecule has 20 heavy (non-hydrogen) atoms. The first-order valence-electron chi connectivity index (χ1n) is 6.86. The molecule has 3 aliphatic rings. The van der Waals surface area contributed by atoms with Crippen LogP contribution in [0.15, 0.2) is 12.8 Å². The van der Waals surface area contributed by atoms with E-state index in [-0.39, 0.29) is 23.9 Å². The van der Waals surface area contributed by atoms with Crippen molar-refractivity contribution in [2.24, 2.45) is 28.7 Å². The zero-order valence-corrected chi connectivity index (χ0v) is 11.3. The molecule has 3 fully saturated rings. The summed E-state index contributed by atoms with van der Waals surface area (Å²) in [6.07, 6.45) is 5.67. The van der Waals surface area contributed by atoms with E-state index < -0.39 is 11.6 Å². The molecule has 0 amide bonds. The summed E-state index contributed by atoms with van der Waals surface area (Å²) in [7, 11) is 0. The molecule has 2 bridgehead atoms. The first kappa shape index (κ1) is 13.6. The molecular formula is C14H20N2O4. The molecule has 0 aromatic heterocycles. The van der Waals surface area contributed by atoms with Crippen LogP contribution in [-0.4, -0.2) is 30.1 Å². The van der Waals surface area contributed by atoms with Crippen molar-refractivity contribution in [2.75, 3.05) is 6.61 Å². The highest BCUT2D eigenvalue weighted by Gasteiger charge is 2.71. The van der Waals surface area contributed by atoms with Gasteiger partial charge in [-0.2, -0.15) is 0 Å². The molecule has 0 radical (unpaired) electrons. The highest BCUT2D eigenvalue weighted by Crippen LogP contribution is 2.72. The van der Waals surface area contributed by atoms with Gasteiger partial charge in [0.05, 0.1) is 12.9 Å². The van der Waals surface area contributed by atoms with Crippen molar-refractivity contribution in [3.05, 3.63) is 12.8 Å². The minimum Gasteiger partial charge on any atom is -0.495 e. The Morgan fingerprint density at radius 2 is 2.15 bits per heavy atom. The Morgan fingerprint density at radius 3 is 2.80 bits per heavy atom. The third-order valence-electron chi connectivity index (χ3n) is 5.25. The van der Waals surface area contributed by atoms with Gasteiger partial charge in [-0.15, -0.1) is 0 Å². The fourth-order valence-corrected chi connectivity index (χ4v) is 4.57. The van der Waals surface area contributed by atoms with Gasteiger partial charge in [0, 0.05) is 11.3 Å². The van der Waals surface area contributed by atoms with E-state index in [1.165, 1.54) is 6.26 Å². The number of nitrogens with two attached hydrogens (primary N) is 2. The van der Waals surface area contributed by atoms with Crippen molar-refractivity contribution in [2.45, 2.75) is 36.9 Å². The predicted octanol–water partition coefficient (Wildman–Crippen LogP) is 0.0611. The largest absolute Gasteiger partial charge is 0.495 e. The van der Waals surface area contributed by atoms with Crippen LogP contribution in [0.3, 0.4) is 0 Å². The third-order valence-corrected chi connectivity index (χ3v) is 5.25. The van der Waals surface area contributed by atoms with E-state index in [1.54, 1.807) is 0 Å². The van der Waals surface area contributed by atoms with Crippen LogP contribution in [0.1, 0.15) is 25.7 Å². The van der Waals surface area contributed by atoms with Gasteiger partial charge < -0.3 is 9.47 Å². The molecule has 4 N–H and O–H groups in total. The van der Waals surface area contributed by atoms with E-state index in [1.807, 2.05) is 0 Å². The van der Waals surface area contributed by atoms with Crippen LogP contribution < -0.4 is 11.5 Å². The zero-order chi connectivity index (χ0) is 14.6. The number of aldehydes is 1. The standard InChI is InChI=1S/C14H20N2O4/c1-2-20-13-4-9-3-12(6-13,5-10(9)13)8-19-11(18)14(15,16)7-17/h2,7,9-10H,1,3-6,8,15-16H2. The van der Waals surface area contributed by atoms with E-state index in [0.717, 1.165) is 25.7 Å². The number of carbonyl (C=O) groups excluding carboxylic acids is 2. The summed E-state index contributed by atoms with van der Waals surface area (Å²) in [4.78, 5) is 22.3. The predicted molar refractivity (Wildman–Crippen MR) is 70.0 cm³/mol. The quantitative estimate of drug-likeness (QED) is 0.234. The summed E-state index contributed by atoms with van der Waals surface area (Å²) in [6.45, 7) is 3.89. The van der Waals surface area contributed by atoms with Crippen LogP contribution in [0.4, 0.5) is 0 Å². The lowest BCUT2D eigenvalue weighted by atomic mass is 9.58. The summed E-state index contributed by atoms with van der Waals surface area (Å²) in [5.74, 6) is 0.310. The third kappa shape index (κ3) is 1.71. The maximum absolute atomic E-state index is 11.7. The lowest BCUT2D eigenvalue weighted by Gasteiger charge is -2.53. The summed E-state index contributed by atoms with van der Waals surface area (Å²) in [5.41, 5.74) is 8.49. The van der Waals surface area contributed by atoms with E-state index in [9.17, 15) is 9.59 Å². The van der Waals surface area contributed by atoms with Gasteiger partial charge in [0.2, 0.25) is 5.66 Å². The molecule has 0 saturated heterocycles. The normalized spacial score (nSPS) is 40.9. The number of ether oxygens (including phenoxy) is 2. The Labute approximate surface area is 117 Å². The molecule has 4 atom stereocenters. The van der Waals surface area contributed by atoms with Crippen molar-refractivity contribution in [1.29, 1.82) is 0 Å². The zero-order valence-electron chi connectivity index (χ0n) is 11.3. The minimum absolute atomic E-state index is 0.0504. The molecule has 0 spiro atoms. The smallest absolute Gasteiger partial charge is 0.348 e. The van der Waals surface area contributed by atoms with E-state index in [0.29, 0.717) is 11.8 Å². The molecule has 0 aromatic rings. The monoisotopic (exact) mass is 280 g/mol. The maximum atomic E-state index is 11.7. The second-order valence-electron chi connectivity index (χ2n) is 6.63. The number of esters is 1. The molecule has 3 rings (SSSR count). The molecular weight excluding hydrogens is 260 g/mol. The van der Waals surface area contributed by atoms with Gasteiger partial charge in [0.1, 0.15) is 5.60 Å².